The zero-order valence-electron chi connectivity index (χ0n) is 11.2. The predicted octanol–water partition coefficient (Wildman–Crippen LogP) is 4.66. The van der Waals surface area contributed by atoms with Crippen molar-refractivity contribution < 1.29 is 13.8 Å². The summed E-state index contributed by atoms with van der Waals surface area (Å²) in [5, 5.41) is 3.48. The van der Waals surface area contributed by atoms with E-state index in [0.29, 0.717) is 16.5 Å². The Morgan fingerprint density at radius 3 is 2.10 bits per heavy atom. The summed E-state index contributed by atoms with van der Waals surface area (Å²) in [6, 6.07) is 13.8. The van der Waals surface area contributed by atoms with Gasteiger partial charge in [-0.15, -0.1) is 0 Å². The fraction of sp³-hybridized carbons (Fsp3) is 0.143. The van der Waals surface area contributed by atoms with Gasteiger partial charge in [-0.1, -0.05) is 11.6 Å². The first-order valence-electron chi connectivity index (χ1n) is 5.93. The summed E-state index contributed by atoms with van der Waals surface area (Å²) >= 11 is 5.79. The van der Waals surface area contributed by atoms with Gasteiger partial charge in [-0.25, -0.2) is 0 Å². The Kier molecular flexibility index (Phi) is 4.58. The molecule has 106 valence electrons. The van der Waals surface area contributed by atoms with E-state index in [0.717, 1.165) is 5.75 Å². The van der Waals surface area contributed by atoms with Crippen LogP contribution in [0.5, 0.6) is 11.5 Å². The molecule has 6 heteroatoms. The molecule has 1 atom stereocenters. The van der Waals surface area contributed by atoms with E-state index in [4.69, 9.17) is 20.9 Å². The van der Waals surface area contributed by atoms with Crippen LogP contribution < -0.4 is 14.3 Å². The maximum atomic E-state index is 12.4. The van der Waals surface area contributed by atoms with Crippen LogP contribution in [0.2, 0.25) is 5.02 Å². The third kappa shape index (κ3) is 4.19. The quantitative estimate of drug-likeness (QED) is 0.816. The number of hydrogen-bond donors (Lipinski definition) is 1. The van der Waals surface area contributed by atoms with Gasteiger partial charge in [-0.2, -0.15) is 0 Å². The smallest absolute Gasteiger partial charge is 0.338 e. The van der Waals surface area contributed by atoms with Gasteiger partial charge >= 0.3 is 7.52 Å². The van der Waals surface area contributed by atoms with E-state index in [-0.39, 0.29) is 0 Å². The van der Waals surface area contributed by atoms with Crippen molar-refractivity contribution in [1.29, 1.82) is 0 Å². The highest BCUT2D eigenvalue weighted by Crippen LogP contribution is 2.43. The zero-order chi connectivity index (χ0) is 14.6. The second-order valence-corrected chi connectivity index (χ2v) is 6.77. The van der Waals surface area contributed by atoms with Crippen molar-refractivity contribution >= 4 is 24.8 Å². The van der Waals surface area contributed by atoms with Crippen molar-refractivity contribution in [2.24, 2.45) is 0 Å². The number of benzene rings is 2. The number of rotatable bonds is 5. The lowest BCUT2D eigenvalue weighted by molar-refractivity contribution is 0.415. The van der Waals surface area contributed by atoms with Crippen molar-refractivity contribution in [1.82, 2.24) is 0 Å². The summed E-state index contributed by atoms with van der Waals surface area (Å²) in [6.45, 7) is 1.52. The van der Waals surface area contributed by atoms with Crippen LogP contribution in [0.25, 0.3) is 0 Å². The Hall–Kier alpha value is -1.64. The molecule has 1 unspecified atom stereocenters. The van der Waals surface area contributed by atoms with Crippen LogP contribution in [0.3, 0.4) is 0 Å². The minimum absolute atomic E-state index is 0.501. The molecular formula is C14H15ClNO3P. The Balaban J connectivity index is 2.06. The van der Waals surface area contributed by atoms with E-state index >= 15 is 0 Å². The number of hydrogen-bond acceptors (Lipinski definition) is 3. The summed E-state index contributed by atoms with van der Waals surface area (Å²) in [5.74, 6) is 1.24. The van der Waals surface area contributed by atoms with Crippen LogP contribution in [0.1, 0.15) is 0 Å². The van der Waals surface area contributed by atoms with Gasteiger partial charge < -0.3 is 14.3 Å². The van der Waals surface area contributed by atoms with E-state index in [1.807, 2.05) is 0 Å². The highest BCUT2D eigenvalue weighted by Gasteiger charge is 2.17. The Labute approximate surface area is 123 Å². The largest absolute Gasteiger partial charge is 0.497 e. The molecular weight excluding hydrogens is 297 g/mol. The summed E-state index contributed by atoms with van der Waals surface area (Å²) in [7, 11) is -1.41. The molecule has 0 aliphatic carbocycles. The van der Waals surface area contributed by atoms with Gasteiger partial charge in [-0.3, -0.25) is 4.57 Å². The van der Waals surface area contributed by atoms with Crippen LogP contribution >= 0.6 is 19.1 Å². The van der Waals surface area contributed by atoms with Crippen LogP contribution in [0, 0.1) is 0 Å². The SMILES string of the molecule is COc1ccc(NP(C)(=O)Oc2ccc(Cl)cc2)cc1. The minimum atomic E-state index is -3.01. The summed E-state index contributed by atoms with van der Waals surface area (Å²) in [4.78, 5) is 0. The van der Waals surface area contributed by atoms with Crippen molar-refractivity contribution in [3.8, 4) is 11.5 Å². The van der Waals surface area contributed by atoms with E-state index in [1.54, 1.807) is 55.6 Å². The summed E-state index contributed by atoms with van der Waals surface area (Å²) < 4.78 is 22.9. The second kappa shape index (κ2) is 6.21. The van der Waals surface area contributed by atoms with E-state index in [1.165, 1.54) is 6.66 Å². The second-order valence-electron chi connectivity index (χ2n) is 4.23. The molecule has 0 fully saturated rings. The lowest BCUT2D eigenvalue weighted by Gasteiger charge is -2.17. The highest BCUT2D eigenvalue weighted by atomic mass is 35.5. The molecule has 0 amide bonds. The van der Waals surface area contributed by atoms with Gasteiger partial charge in [-0.05, 0) is 48.5 Å². The Morgan fingerprint density at radius 2 is 1.55 bits per heavy atom. The average molecular weight is 312 g/mol. The first-order valence-corrected chi connectivity index (χ1v) is 8.38. The molecule has 1 N–H and O–H groups in total. The number of anilines is 1. The van der Waals surface area contributed by atoms with Crippen LogP contribution in [-0.2, 0) is 4.57 Å². The third-order valence-corrected chi connectivity index (χ3v) is 3.99. The standard InChI is InChI=1S/C14H15ClNO3P/c1-18-13-9-5-12(6-10-13)16-20(2,17)19-14-7-3-11(15)4-8-14/h3-10H,1-2H3,(H,16,17). The minimum Gasteiger partial charge on any atom is -0.497 e. The predicted molar refractivity (Wildman–Crippen MR) is 82.2 cm³/mol. The Bertz CT molecular complexity index is 613. The lowest BCUT2D eigenvalue weighted by Crippen LogP contribution is -2.02. The first kappa shape index (κ1) is 14.8. The average Bonchev–Trinajstić information content (AvgIpc) is 2.41. The molecule has 20 heavy (non-hydrogen) atoms. The summed E-state index contributed by atoms with van der Waals surface area (Å²) in [5.41, 5.74) is 0.700. The van der Waals surface area contributed by atoms with Crippen molar-refractivity contribution in [2.45, 2.75) is 0 Å². The molecule has 2 rings (SSSR count). The molecule has 0 aliphatic heterocycles. The van der Waals surface area contributed by atoms with Crippen molar-refractivity contribution in [2.75, 3.05) is 18.9 Å². The maximum absolute atomic E-state index is 12.4. The normalized spacial score (nSPS) is 13.3. The van der Waals surface area contributed by atoms with Gasteiger partial charge in [0.25, 0.3) is 0 Å². The summed E-state index contributed by atoms with van der Waals surface area (Å²) in [6.07, 6.45) is 0. The molecule has 2 aromatic rings. The number of methoxy groups -OCH3 is 1. The lowest BCUT2D eigenvalue weighted by atomic mass is 10.3. The maximum Gasteiger partial charge on any atom is 0.338 e. The zero-order valence-corrected chi connectivity index (χ0v) is 12.8. The van der Waals surface area contributed by atoms with Gasteiger partial charge in [0, 0.05) is 17.4 Å². The molecule has 0 radical (unpaired) electrons. The molecule has 0 saturated carbocycles. The molecule has 0 spiro atoms. The molecule has 0 aliphatic rings. The molecule has 2 aromatic carbocycles. The number of nitrogens with one attached hydrogen (secondary N) is 1. The van der Waals surface area contributed by atoms with Crippen molar-refractivity contribution in [3.63, 3.8) is 0 Å². The molecule has 0 heterocycles. The van der Waals surface area contributed by atoms with Crippen molar-refractivity contribution in [3.05, 3.63) is 53.6 Å². The number of halogens is 1. The first-order chi connectivity index (χ1) is 9.48. The van der Waals surface area contributed by atoms with Crippen LogP contribution in [-0.4, -0.2) is 13.8 Å². The topological polar surface area (TPSA) is 47.6 Å². The molecule has 0 aromatic heterocycles. The monoisotopic (exact) mass is 311 g/mol. The van der Waals surface area contributed by atoms with Gasteiger partial charge in [0.2, 0.25) is 0 Å². The molecule has 0 bridgehead atoms. The van der Waals surface area contributed by atoms with Gasteiger partial charge in [0.05, 0.1) is 7.11 Å². The van der Waals surface area contributed by atoms with Gasteiger partial charge in [0.15, 0.2) is 0 Å². The number of ether oxygens (including phenoxy) is 1. The molecule has 4 nitrogen and oxygen atoms in total. The van der Waals surface area contributed by atoms with Crippen LogP contribution in [0.4, 0.5) is 5.69 Å². The Morgan fingerprint density at radius 1 is 1.00 bits per heavy atom. The van der Waals surface area contributed by atoms with E-state index in [9.17, 15) is 4.57 Å². The van der Waals surface area contributed by atoms with Gasteiger partial charge in [0.1, 0.15) is 11.5 Å². The van der Waals surface area contributed by atoms with E-state index < -0.39 is 7.52 Å². The molecule has 0 saturated heterocycles. The highest BCUT2D eigenvalue weighted by molar-refractivity contribution is 7.60. The van der Waals surface area contributed by atoms with E-state index in [2.05, 4.69) is 5.09 Å². The fourth-order valence-corrected chi connectivity index (χ4v) is 2.93. The fourth-order valence-electron chi connectivity index (χ4n) is 1.62. The van der Waals surface area contributed by atoms with Crippen LogP contribution in [0.15, 0.2) is 48.5 Å². The third-order valence-electron chi connectivity index (χ3n) is 2.52.